The van der Waals surface area contributed by atoms with Crippen LogP contribution in [0.15, 0.2) is 30.3 Å². The van der Waals surface area contributed by atoms with Gasteiger partial charge in [0.15, 0.2) is 0 Å². The fourth-order valence-electron chi connectivity index (χ4n) is 2.19. The SMILES string of the molecule is C[S+]([O-])CC1(S)CC(OCc2ccccc2)C1. The normalized spacial score (nSPS) is 29.7. The first-order chi connectivity index (χ1) is 8.07. The summed E-state index contributed by atoms with van der Waals surface area (Å²) in [4.78, 5) is 0. The van der Waals surface area contributed by atoms with Gasteiger partial charge in [0, 0.05) is 0 Å². The zero-order valence-electron chi connectivity index (χ0n) is 9.96. The van der Waals surface area contributed by atoms with E-state index in [1.807, 2.05) is 18.2 Å². The van der Waals surface area contributed by atoms with Gasteiger partial charge in [0.1, 0.15) is 5.75 Å². The summed E-state index contributed by atoms with van der Waals surface area (Å²) in [7, 11) is 0. The maximum Gasteiger partial charge on any atom is 0.119 e. The minimum Gasteiger partial charge on any atom is -0.617 e. The summed E-state index contributed by atoms with van der Waals surface area (Å²) in [5.74, 6) is 0.668. The molecule has 4 heteroatoms. The Balaban J connectivity index is 1.71. The van der Waals surface area contributed by atoms with Crippen LogP contribution < -0.4 is 0 Å². The fourth-order valence-corrected chi connectivity index (χ4v) is 4.14. The maximum atomic E-state index is 11.2. The van der Waals surface area contributed by atoms with Crippen LogP contribution in [0.3, 0.4) is 0 Å². The van der Waals surface area contributed by atoms with Crippen LogP contribution in [-0.2, 0) is 22.5 Å². The molecule has 1 unspecified atom stereocenters. The Bertz CT molecular complexity index is 348. The largest absolute Gasteiger partial charge is 0.617 e. The minimum absolute atomic E-state index is 0.0685. The van der Waals surface area contributed by atoms with E-state index in [9.17, 15) is 4.55 Å². The molecular weight excluding hydrogens is 252 g/mol. The molecule has 1 atom stereocenters. The lowest BCUT2D eigenvalue weighted by Gasteiger charge is -2.43. The van der Waals surface area contributed by atoms with Gasteiger partial charge in [0.05, 0.1) is 23.7 Å². The number of benzene rings is 1. The maximum absolute atomic E-state index is 11.2. The van der Waals surface area contributed by atoms with Gasteiger partial charge in [-0.2, -0.15) is 12.6 Å². The number of thiol groups is 1. The van der Waals surface area contributed by atoms with E-state index < -0.39 is 11.2 Å². The molecule has 0 heterocycles. The van der Waals surface area contributed by atoms with E-state index in [0.29, 0.717) is 12.4 Å². The van der Waals surface area contributed by atoms with Crippen molar-refractivity contribution in [1.29, 1.82) is 0 Å². The fraction of sp³-hybridized carbons (Fsp3) is 0.538. The first-order valence-electron chi connectivity index (χ1n) is 5.75. The standard InChI is InChI=1S/C13H18O2S2/c1-17(14)10-13(16)7-12(8-13)15-9-11-5-3-2-4-6-11/h2-6,12,16H,7-10H2,1H3. The summed E-state index contributed by atoms with van der Waals surface area (Å²) < 4.78 is 16.9. The van der Waals surface area contributed by atoms with Crippen molar-refractivity contribution in [3.63, 3.8) is 0 Å². The predicted octanol–water partition coefficient (Wildman–Crippen LogP) is 2.41. The lowest BCUT2D eigenvalue weighted by atomic mass is 9.82. The van der Waals surface area contributed by atoms with Crippen molar-refractivity contribution in [2.24, 2.45) is 0 Å². The van der Waals surface area contributed by atoms with Gasteiger partial charge in [-0.05, 0) is 18.4 Å². The molecule has 1 aromatic carbocycles. The third-order valence-corrected chi connectivity index (χ3v) is 4.71. The van der Waals surface area contributed by atoms with Gasteiger partial charge in [0.25, 0.3) is 0 Å². The topological polar surface area (TPSA) is 32.3 Å². The molecule has 0 amide bonds. The quantitative estimate of drug-likeness (QED) is 0.658. The lowest BCUT2D eigenvalue weighted by Crippen LogP contribution is -2.48. The molecule has 94 valence electrons. The van der Waals surface area contributed by atoms with Gasteiger partial charge in [-0.3, -0.25) is 0 Å². The summed E-state index contributed by atoms with van der Waals surface area (Å²) in [5, 5.41) is 0. The molecule has 0 N–H and O–H groups in total. The smallest absolute Gasteiger partial charge is 0.119 e. The van der Waals surface area contributed by atoms with E-state index in [1.54, 1.807) is 6.26 Å². The number of ether oxygens (including phenoxy) is 1. The van der Waals surface area contributed by atoms with Gasteiger partial charge in [-0.1, -0.05) is 41.5 Å². The molecule has 1 aliphatic carbocycles. The summed E-state index contributed by atoms with van der Waals surface area (Å²) >= 11 is 3.81. The highest BCUT2D eigenvalue weighted by molar-refractivity contribution is 7.92. The zero-order valence-corrected chi connectivity index (χ0v) is 11.7. The Labute approximate surface area is 111 Å². The molecule has 2 nitrogen and oxygen atoms in total. The Kier molecular flexibility index (Phi) is 4.42. The van der Waals surface area contributed by atoms with Gasteiger partial charge in [0.2, 0.25) is 0 Å². The average Bonchev–Trinajstić information content (AvgIpc) is 2.24. The molecule has 0 bridgehead atoms. The highest BCUT2D eigenvalue weighted by Crippen LogP contribution is 2.41. The van der Waals surface area contributed by atoms with Crippen LogP contribution in [0.5, 0.6) is 0 Å². The van der Waals surface area contributed by atoms with Crippen LogP contribution in [0.1, 0.15) is 18.4 Å². The molecule has 0 spiro atoms. The number of hydrogen-bond acceptors (Lipinski definition) is 3. The van der Waals surface area contributed by atoms with Crippen LogP contribution in [0, 0.1) is 0 Å². The van der Waals surface area contributed by atoms with Gasteiger partial charge in [-0.15, -0.1) is 0 Å². The number of rotatable bonds is 5. The molecule has 1 aromatic rings. The van der Waals surface area contributed by atoms with Crippen molar-refractivity contribution < 1.29 is 9.29 Å². The Hall–Kier alpha value is -0.160. The monoisotopic (exact) mass is 270 g/mol. The average molecular weight is 270 g/mol. The molecule has 2 rings (SSSR count). The second-order valence-corrected chi connectivity index (χ2v) is 7.15. The van der Waals surface area contributed by atoms with E-state index in [1.165, 1.54) is 5.56 Å². The first kappa shape index (κ1) is 13.3. The van der Waals surface area contributed by atoms with Crippen molar-refractivity contribution in [3.05, 3.63) is 35.9 Å². The molecular formula is C13H18O2S2. The zero-order chi connectivity index (χ0) is 12.3. The van der Waals surface area contributed by atoms with Crippen molar-refractivity contribution in [3.8, 4) is 0 Å². The van der Waals surface area contributed by atoms with E-state index in [2.05, 4.69) is 24.8 Å². The summed E-state index contributed by atoms with van der Waals surface area (Å²) in [6.45, 7) is 0.657. The Morgan fingerprint density at radius 3 is 2.65 bits per heavy atom. The van der Waals surface area contributed by atoms with E-state index in [0.717, 1.165) is 12.8 Å². The van der Waals surface area contributed by atoms with Crippen molar-refractivity contribution in [2.75, 3.05) is 12.0 Å². The van der Waals surface area contributed by atoms with Crippen molar-refractivity contribution in [1.82, 2.24) is 0 Å². The molecule has 1 saturated carbocycles. The van der Waals surface area contributed by atoms with Crippen LogP contribution in [-0.4, -0.2) is 27.4 Å². The molecule has 1 aliphatic rings. The lowest BCUT2D eigenvalue weighted by molar-refractivity contribution is -0.0232. The Morgan fingerprint density at radius 1 is 1.41 bits per heavy atom. The van der Waals surface area contributed by atoms with E-state index in [4.69, 9.17) is 4.74 Å². The molecule has 1 fully saturated rings. The molecule has 0 radical (unpaired) electrons. The number of hydrogen-bond donors (Lipinski definition) is 1. The summed E-state index contributed by atoms with van der Waals surface area (Å²) in [6, 6.07) is 10.2. The van der Waals surface area contributed by atoms with E-state index >= 15 is 0 Å². The molecule has 0 aromatic heterocycles. The summed E-state index contributed by atoms with van der Waals surface area (Å²) in [5.41, 5.74) is 1.20. The van der Waals surface area contributed by atoms with Gasteiger partial charge in [-0.25, -0.2) is 0 Å². The van der Waals surface area contributed by atoms with Crippen LogP contribution >= 0.6 is 12.6 Å². The van der Waals surface area contributed by atoms with Crippen molar-refractivity contribution in [2.45, 2.75) is 30.3 Å². The predicted molar refractivity (Wildman–Crippen MR) is 74.9 cm³/mol. The van der Waals surface area contributed by atoms with Crippen LogP contribution in [0.4, 0.5) is 0 Å². The Morgan fingerprint density at radius 2 is 2.06 bits per heavy atom. The minimum atomic E-state index is -0.770. The highest BCUT2D eigenvalue weighted by Gasteiger charge is 2.44. The second kappa shape index (κ2) is 5.65. The third kappa shape index (κ3) is 3.91. The van der Waals surface area contributed by atoms with Crippen LogP contribution in [0.2, 0.25) is 0 Å². The van der Waals surface area contributed by atoms with Crippen molar-refractivity contribution >= 4 is 23.8 Å². The van der Waals surface area contributed by atoms with Crippen LogP contribution in [0.25, 0.3) is 0 Å². The second-order valence-electron chi connectivity index (χ2n) is 4.77. The third-order valence-electron chi connectivity index (χ3n) is 3.02. The molecule has 0 aliphatic heterocycles. The van der Waals surface area contributed by atoms with Gasteiger partial charge >= 0.3 is 0 Å². The first-order valence-corrected chi connectivity index (χ1v) is 7.93. The van der Waals surface area contributed by atoms with E-state index in [-0.39, 0.29) is 10.9 Å². The highest BCUT2D eigenvalue weighted by atomic mass is 32.2. The molecule has 17 heavy (non-hydrogen) atoms. The molecule has 0 saturated heterocycles. The van der Waals surface area contributed by atoms with Gasteiger partial charge < -0.3 is 9.29 Å². The summed E-state index contributed by atoms with van der Waals surface area (Å²) in [6.07, 6.45) is 3.82.